The van der Waals surface area contributed by atoms with Crippen molar-refractivity contribution in [3.63, 3.8) is 0 Å². The van der Waals surface area contributed by atoms with Gasteiger partial charge in [0.05, 0.1) is 12.1 Å². The third-order valence-electron chi connectivity index (χ3n) is 2.83. The fraction of sp³-hybridized carbons (Fsp3) is 0.357. The molecule has 0 bridgehead atoms. The SMILES string of the molecule is OCCNCCNCc1cc2ccccc2nc1Cl. The van der Waals surface area contributed by atoms with Gasteiger partial charge in [0.15, 0.2) is 0 Å². The van der Waals surface area contributed by atoms with Crippen molar-refractivity contribution < 1.29 is 5.11 Å². The number of aliphatic hydroxyl groups is 1. The molecule has 0 aliphatic heterocycles. The van der Waals surface area contributed by atoms with Crippen molar-refractivity contribution in [3.05, 3.63) is 41.0 Å². The summed E-state index contributed by atoms with van der Waals surface area (Å²) in [6.07, 6.45) is 0. The Hall–Kier alpha value is -1.20. The van der Waals surface area contributed by atoms with Crippen molar-refractivity contribution in [1.29, 1.82) is 0 Å². The van der Waals surface area contributed by atoms with Gasteiger partial charge in [-0.05, 0) is 12.1 Å². The number of para-hydroxylation sites is 1. The Bertz CT molecular complexity index is 533. The minimum atomic E-state index is 0.167. The van der Waals surface area contributed by atoms with E-state index >= 15 is 0 Å². The molecule has 0 amide bonds. The van der Waals surface area contributed by atoms with Crippen LogP contribution in [0.25, 0.3) is 10.9 Å². The fourth-order valence-electron chi connectivity index (χ4n) is 1.86. The predicted molar refractivity (Wildman–Crippen MR) is 78.4 cm³/mol. The summed E-state index contributed by atoms with van der Waals surface area (Å²) in [4.78, 5) is 4.38. The number of hydrogen-bond donors (Lipinski definition) is 3. The minimum absolute atomic E-state index is 0.167. The first kappa shape index (κ1) is 14.2. The number of rotatable bonds is 7. The molecule has 2 aromatic rings. The Morgan fingerprint density at radius 3 is 2.74 bits per heavy atom. The lowest BCUT2D eigenvalue weighted by Crippen LogP contribution is -2.28. The largest absolute Gasteiger partial charge is 0.395 e. The van der Waals surface area contributed by atoms with E-state index in [2.05, 4.69) is 21.7 Å². The molecule has 0 atom stereocenters. The maximum absolute atomic E-state index is 8.63. The zero-order valence-corrected chi connectivity index (χ0v) is 11.5. The molecule has 1 aromatic heterocycles. The van der Waals surface area contributed by atoms with E-state index in [9.17, 15) is 0 Å². The molecule has 0 aliphatic carbocycles. The van der Waals surface area contributed by atoms with Gasteiger partial charge in [-0.1, -0.05) is 29.8 Å². The highest BCUT2D eigenvalue weighted by Crippen LogP contribution is 2.20. The summed E-state index contributed by atoms with van der Waals surface area (Å²) >= 11 is 6.17. The second kappa shape index (κ2) is 7.40. The van der Waals surface area contributed by atoms with Crippen LogP contribution in [-0.2, 0) is 6.54 Å². The number of aliphatic hydroxyl groups excluding tert-OH is 1. The summed E-state index contributed by atoms with van der Waals surface area (Å²) in [5.74, 6) is 0. The molecule has 1 heterocycles. The molecule has 2 rings (SSSR count). The topological polar surface area (TPSA) is 57.2 Å². The van der Waals surface area contributed by atoms with Gasteiger partial charge >= 0.3 is 0 Å². The van der Waals surface area contributed by atoms with Gasteiger partial charge in [0, 0.05) is 37.1 Å². The molecule has 0 unspecified atom stereocenters. The zero-order chi connectivity index (χ0) is 13.5. The lowest BCUT2D eigenvalue weighted by molar-refractivity contribution is 0.292. The Morgan fingerprint density at radius 1 is 1.11 bits per heavy atom. The molecule has 102 valence electrons. The third kappa shape index (κ3) is 4.14. The number of fused-ring (bicyclic) bond motifs is 1. The number of benzene rings is 1. The molecule has 0 spiro atoms. The minimum Gasteiger partial charge on any atom is -0.395 e. The zero-order valence-electron chi connectivity index (χ0n) is 10.7. The van der Waals surface area contributed by atoms with E-state index in [0.29, 0.717) is 18.2 Å². The summed E-state index contributed by atoms with van der Waals surface area (Å²) in [6, 6.07) is 10.0. The molecule has 0 saturated heterocycles. The van der Waals surface area contributed by atoms with Crippen LogP contribution in [0.3, 0.4) is 0 Å². The van der Waals surface area contributed by atoms with E-state index in [-0.39, 0.29) is 6.61 Å². The van der Waals surface area contributed by atoms with E-state index in [1.165, 1.54) is 0 Å². The van der Waals surface area contributed by atoms with Crippen LogP contribution >= 0.6 is 11.6 Å². The first-order valence-electron chi connectivity index (χ1n) is 6.37. The molecule has 1 aromatic carbocycles. The van der Waals surface area contributed by atoms with E-state index < -0.39 is 0 Å². The molecule has 0 aliphatic rings. The molecular formula is C14H18ClN3O. The van der Waals surface area contributed by atoms with Crippen LogP contribution in [0.15, 0.2) is 30.3 Å². The van der Waals surface area contributed by atoms with Gasteiger partial charge in [-0.25, -0.2) is 4.98 Å². The second-order valence-corrected chi connectivity index (χ2v) is 4.64. The quantitative estimate of drug-likeness (QED) is 0.532. The molecule has 19 heavy (non-hydrogen) atoms. The lowest BCUT2D eigenvalue weighted by atomic mass is 10.1. The van der Waals surface area contributed by atoms with E-state index in [1.807, 2.05) is 24.3 Å². The van der Waals surface area contributed by atoms with Gasteiger partial charge in [-0.2, -0.15) is 0 Å². The molecule has 4 nitrogen and oxygen atoms in total. The van der Waals surface area contributed by atoms with Crippen LogP contribution in [0.1, 0.15) is 5.56 Å². The average Bonchev–Trinajstić information content (AvgIpc) is 2.43. The van der Waals surface area contributed by atoms with Crippen molar-refractivity contribution in [2.75, 3.05) is 26.2 Å². The summed E-state index contributed by atoms with van der Waals surface area (Å²) in [6.45, 7) is 3.13. The second-order valence-electron chi connectivity index (χ2n) is 4.28. The van der Waals surface area contributed by atoms with Gasteiger partial charge in [0.25, 0.3) is 0 Å². The van der Waals surface area contributed by atoms with Crippen LogP contribution in [-0.4, -0.2) is 36.3 Å². The van der Waals surface area contributed by atoms with Crippen LogP contribution in [0.4, 0.5) is 0 Å². The van der Waals surface area contributed by atoms with E-state index in [0.717, 1.165) is 29.6 Å². The van der Waals surface area contributed by atoms with E-state index in [4.69, 9.17) is 16.7 Å². The van der Waals surface area contributed by atoms with Crippen molar-refractivity contribution in [2.24, 2.45) is 0 Å². The number of halogens is 1. The molecule has 0 radical (unpaired) electrons. The molecule has 3 N–H and O–H groups in total. The molecule has 5 heteroatoms. The molecule has 0 fully saturated rings. The Balaban J connectivity index is 1.91. The average molecular weight is 280 g/mol. The highest BCUT2D eigenvalue weighted by Gasteiger charge is 2.04. The van der Waals surface area contributed by atoms with Gasteiger partial charge < -0.3 is 15.7 Å². The first-order valence-corrected chi connectivity index (χ1v) is 6.75. The van der Waals surface area contributed by atoms with Crippen LogP contribution < -0.4 is 10.6 Å². The van der Waals surface area contributed by atoms with Gasteiger partial charge in [0.1, 0.15) is 5.15 Å². The monoisotopic (exact) mass is 279 g/mol. The number of nitrogens with one attached hydrogen (secondary N) is 2. The van der Waals surface area contributed by atoms with Gasteiger partial charge in [-0.3, -0.25) is 0 Å². The summed E-state index contributed by atoms with van der Waals surface area (Å²) in [5, 5.41) is 16.7. The maximum Gasteiger partial charge on any atom is 0.134 e. The first-order chi connectivity index (χ1) is 9.31. The number of hydrogen-bond acceptors (Lipinski definition) is 4. The van der Waals surface area contributed by atoms with Crippen molar-refractivity contribution in [2.45, 2.75) is 6.54 Å². The predicted octanol–water partition coefficient (Wildman–Crippen LogP) is 1.56. The Morgan fingerprint density at radius 2 is 1.89 bits per heavy atom. The Labute approximate surface area is 117 Å². The smallest absolute Gasteiger partial charge is 0.134 e. The molecule has 0 saturated carbocycles. The lowest BCUT2D eigenvalue weighted by Gasteiger charge is -2.08. The number of aromatic nitrogens is 1. The van der Waals surface area contributed by atoms with Gasteiger partial charge in [0.2, 0.25) is 0 Å². The number of nitrogens with zero attached hydrogens (tertiary/aromatic N) is 1. The van der Waals surface area contributed by atoms with E-state index in [1.54, 1.807) is 0 Å². The van der Waals surface area contributed by atoms with Crippen LogP contribution in [0.2, 0.25) is 5.15 Å². The highest BCUT2D eigenvalue weighted by atomic mass is 35.5. The van der Waals surface area contributed by atoms with Crippen LogP contribution in [0.5, 0.6) is 0 Å². The highest BCUT2D eigenvalue weighted by molar-refractivity contribution is 6.30. The summed E-state index contributed by atoms with van der Waals surface area (Å²) in [7, 11) is 0. The van der Waals surface area contributed by atoms with Crippen LogP contribution in [0, 0.1) is 0 Å². The fourth-order valence-corrected chi connectivity index (χ4v) is 2.08. The van der Waals surface area contributed by atoms with Gasteiger partial charge in [-0.15, -0.1) is 0 Å². The third-order valence-corrected chi connectivity index (χ3v) is 3.16. The summed E-state index contributed by atoms with van der Waals surface area (Å²) in [5.41, 5.74) is 1.92. The maximum atomic E-state index is 8.63. The normalized spacial score (nSPS) is 11.1. The Kier molecular flexibility index (Phi) is 5.54. The van der Waals surface area contributed by atoms with Crippen molar-refractivity contribution in [1.82, 2.24) is 15.6 Å². The number of pyridine rings is 1. The standard InChI is InChI=1S/C14H18ClN3O/c15-14-12(10-17-6-5-16-7-8-19)9-11-3-1-2-4-13(11)18-14/h1-4,9,16-17,19H,5-8,10H2. The van der Waals surface area contributed by atoms with Crippen molar-refractivity contribution >= 4 is 22.5 Å². The van der Waals surface area contributed by atoms with Crippen molar-refractivity contribution in [3.8, 4) is 0 Å². The molecular weight excluding hydrogens is 262 g/mol. The summed E-state index contributed by atoms with van der Waals surface area (Å²) < 4.78 is 0.